The molecule has 2 aliphatic rings. The van der Waals surface area contributed by atoms with E-state index in [1.54, 1.807) is 0 Å². The van der Waals surface area contributed by atoms with Crippen LogP contribution in [-0.4, -0.2) is 68.9 Å². The molecule has 2 heterocycles. The van der Waals surface area contributed by atoms with Crippen molar-refractivity contribution in [2.75, 3.05) is 13.1 Å². The summed E-state index contributed by atoms with van der Waals surface area (Å²) in [4.78, 5) is 1.83. The van der Waals surface area contributed by atoms with Gasteiger partial charge in [-0.15, -0.1) is 0 Å². The Labute approximate surface area is 76.2 Å². The molecule has 2 saturated heterocycles. The van der Waals surface area contributed by atoms with Gasteiger partial charge in [0.15, 0.2) is 0 Å². The predicted octanol–water partition coefficient (Wildman–Crippen LogP) is -2.48. The van der Waals surface area contributed by atoms with E-state index in [2.05, 4.69) is 0 Å². The summed E-state index contributed by atoms with van der Waals surface area (Å²) in [6.07, 6.45) is -3.06. The second-order valence-corrected chi connectivity index (χ2v) is 3.89. The second-order valence-electron chi connectivity index (χ2n) is 3.89. The van der Waals surface area contributed by atoms with Crippen molar-refractivity contribution in [1.29, 1.82) is 0 Å². The molecule has 5 heteroatoms. The molecule has 0 saturated carbocycles. The minimum absolute atomic E-state index is 0.333. The van der Waals surface area contributed by atoms with Crippen molar-refractivity contribution in [2.45, 2.75) is 36.9 Å². The summed E-state index contributed by atoms with van der Waals surface area (Å²) in [5.74, 6) is 0. The van der Waals surface area contributed by atoms with Crippen molar-refractivity contribution in [1.82, 2.24) is 4.90 Å². The van der Waals surface area contributed by atoms with Crippen LogP contribution < -0.4 is 0 Å². The summed E-state index contributed by atoms with van der Waals surface area (Å²) in [5, 5.41) is 37.8. The quantitative estimate of drug-likeness (QED) is 0.339. The first kappa shape index (κ1) is 9.36. The molecule has 5 nitrogen and oxygen atoms in total. The highest BCUT2D eigenvalue weighted by molar-refractivity contribution is 5.01. The average Bonchev–Trinajstić information content (AvgIpc) is 2.43. The fourth-order valence-electron chi connectivity index (χ4n) is 2.30. The predicted molar refractivity (Wildman–Crippen MR) is 44.0 cm³/mol. The number of hydrogen-bond acceptors (Lipinski definition) is 5. The van der Waals surface area contributed by atoms with Crippen LogP contribution in [0.1, 0.15) is 6.42 Å². The fraction of sp³-hybridized carbons (Fsp3) is 1.00. The molecule has 2 fully saturated rings. The van der Waals surface area contributed by atoms with E-state index in [1.165, 1.54) is 0 Å². The molecule has 0 aromatic rings. The highest BCUT2D eigenvalue weighted by Gasteiger charge is 2.47. The van der Waals surface area contributed by atoms with Gasteiger partial charge in [-0.1, -0.05) is 0 Å². The largest absolute Gasteiger partial charge is 0.391 e. The normalized spacial score (nSPS) is 52.2. The minimum Gasteiger partial charge on any atom is -0.391 e. The van der Waals surface area contributed by atoms with Crippen LogP contribution in [0, 0.1) is 0 Å². The number of rotatable bonds is 0. The third-order valence-electron chi connectivity index (χ3n) is 3.04. The SMILES string of the molecule is OC1CN2CC[C@H](O)C2[C@@H](O)C1O. The van der Waals surface area contributed by atoms with Crippen molar-refractivity contribution in [3.8, 4) is 0 Å². The summed E-state index contributed by atoms with van der Waals surface area (Å²) >= 11 is 0. The maximum atomic E-state index is 9.58. The standard InChI is InChI=1S/C8H15NO4/c10-4-1-2-9-3-5(11)7(12)8(13)6(4)9/h4-8,10-13H,1-3H2/t4-,5?,6?,7?,8+/m0/s1. The Morgan fingerprint density at radius 3 is 2.31 bits per heavy atom. The van der Waals surface area contributed by atoms with Crippen LogP contribution in [0.25, 0.3) is 0 Å². The maximum absolute atomic E-state index is 9.58. The van der Waals surface area contributed by atoms with Gasteiger partial charge in [0.25, 0.3) is 0 Å². The van der Waals surface area contributed by atoms with Gasteiger partial charge in [0.05, 0.1) is 18.2 Å². The molecule has 0 bridgehead atoms. The fourth-order valence-corrected chi connectivity index (χ4v) is 2.30. The Balaban J connectivity index is 2.15. The highest BCUT2D eigenvalue weighted by atomic mass is 16.4. The van der Waals surface area contributed by atoms with Crippen molar-refractivity contribution < 1.29 is 20.4 Å². The lowest BCUT2D eigenvalue weighted by Gasteiger charge is -2.40. The van der Waals surface area contributed by atoms with Gasteiger partial charge in [-0.2, -0.15) is 0 Å². The van der Waals surface area contributed by atoms with E-state index in [9.17, 15) is 20.4 Å². The van der Waals surface area contributed by atoms with Crippen molar-refractivity contribution >= 4 is 0 Å². The second kappa shape index (κ2) is 3.18. The van der Waals surface area contributed by atoms with E-state index in [0.717, 1.165) is 0 Å². The molecule has 0 aromatic heterocycles. The molecule has 0 radical (unpaired) electrons. The van der Waals surface area contributed by atoms with Crippen LogP contribution in [0.3, 0.4) is 0 Å². The van der Waals surface area contributed by atoms with Crippen LogP contribution in [-0.2, 0) is 0 Å². The zero-order valence-electron chi connectivity index (χ0n) is 7.24. The van der Waals surface area contributed by atoms with E-state index in [-0.39, 0.29) is 0 Å². The number of nitrogens with zero attached hydrogens (tertiary/aromatic N) is 1. The van der Waals surface area contributed by atoms with Crippen LogP contribution in [0.5, 0.6) is 0 Å². The third kappa shape index (κ3) is 1.37. The topological polar surface area (TPSA) is 84.2 Å². The molecule has 76 valence electrons. The van der Waals surface area contributed by atoms with Gasteiger partial charge >= 0.3 is 0 Å². The lowest BCUT2D eigenvalue weighted by atomic mass is 9.93. The lowest BCUT2D eigenvalue weighted by molar-refractivity contribution is -0.140. The molecule has 5 atom stereocenters. The number of aliphatic hydroxyl groups is 4. The molecule has 2 aliphatic heterocycles. The van der Waals surface area contributed by atoms with Gasteiger partial charge in [-0.25, -0.2) is 0 Å². The van der Waals surface area contributed by atoms with Crippen LogP contribution >= 0.6 is 0 Å². The molecule has 0 spiro atoms. The van der Waals surface area contributed by atoms with Gasteiger partial charge in [0.2, 0.25) is 0 Å². The molecule has 3 unspecified atom stereocenters. The van der Waals surface area contributed by atoms with Crippen LogP contribution in [0.15, 0.2) is 0 Å². The molecule has 2 rings (SSSR count). The Kier molecular flexibility index (Phi) is 2.29. The van der Waals surface area contributed by atoms with Gasteiger partial charge in [0.1, 0.15) is 12.2 Å². The Bertz CT molecular complexity index is 201. The summed E-state index contributed by atoms with van der Waals surface area (Å²) in [6, 6.07) is -0.404. The van der Waals surface area contributed by atoms with E-state index >= 15 is 0 Å². The van der Waals surface area contributed by atoms with Crippen molar-refractivity contribution in [2.24, 2.45) is 0 Å². The minimum atomic E-state index is -1.13. The van der Waals surface area contributed by atoms with E-state index in [4.69, 9.17) is 0 Å². The summed E-state index contributed by atoms with van der Waals surface area (Å²) in [7, 11) is 0. The van der Waals surface area contributed by atoms with Crippen molar-refractivity contribution in [3.05, 3.63) is 0 Å². The smallest absolute Gasteiger partial charge is 0.109 e. The first-order valence-electron chi connectivity index (χ1n) is 4.57. The highest BCUT2D eigenvalue weighted by Crippen LogP contribution is 2.27. The lowest BCUT2D eigenvalue weighted by Crippen LogP contribution is -2.61. The first-order valence-corrected chi connectivity index (χ1v) is 4.57. The first-order chi connectivity index (χ1) is 6.11. The summed E-state index contributed by atoms with van der Waals surface area (Å²) in [6.45, 7) is 1.01. The number of hydrogen-bond donors (Lipinski definition) is 4. The molecule has 0 amide bonds. The van der Waals surface area contributed by atoms with Gasteiger partial charge in [-0.05, 0) is 6.42 Å². The monoisotopic (exact) mass is 189 g/mol. The Morgan fingerprint density at radius 2 is 1.62 bits per heavy atom. The van der Waals surface area contributed by atoms with E-state index < -0.39 is 30.5 Å². The molecule has 0 aromatic carbocycles. The zero-order valence-corrected chi connectivity index (χ0v) is 7.24. The molecule has 13 heavy (non-hydrogen) atoms. The number of aliphatic hydroxyl groups excluding tert-OH is 4. The zero-order chi connectivity index (χ0) is 9.59. The van der Waals surface area contributed by atoms with E-state index in [1.807, 2.05) is 4.90 Å². The summed E-state index contributed by atoms with van der Waals surface area (Å²) in [5.41, 5.74) is 0. The molecular weight excluding hydrogens is 174 g/mol. The van der Waals surface area contributed by atoms with Gasteiger partial charge in [-0.3, -0.25) is 4.90 Å². The molecule has 0 aliphatic carbocycles. The molecule has 4 N–H and O–H groups in total. The number of piperidine rings is 1. The average molecular weight is 189 g/mol. The van der Waals surface area contributed by atoms with Gasteiger partial charge < -0.3 is 20.4 Å². The van der Waals surface area contributed by atoms with Crippen LogP contribution in [0.4, 0.5) is 0 Å². The maximum Gasteiger partial charge on any atom is 0.109 e. The third-order valence-corrected chi connectivity index (χ3v) is 3.04. The van der Waals surface area contributed by atoms with E-state index in [0.29, 0.717) is 19.5 Å². The Hall–Kier alpha value is -0.200. The Morgan fingerprint density at radius 1 is 0.923 bits per heavy atom. The molecular formula is C8H15NO4. The van der Waals surface area contributed by atoms with Crippen molar-refractivity contribution in [3.63, 3.8) is 0 Å². The summed E-state index contributed by atoms with van der Waals surface area (Å²) < 4.78 is 0. The van der Waals surface area contributed by atoms with Gasteiger partial charge in [0, 0.05) is 13.1 Å². The number of fused-ring (bicyclic) bond motifs is 1. The van der Waals surface area contributed by atoms with Crippen LogP contribution in [0.2, 0.25) is 0 Å².